The third-order valence-corrected chi connectivity index (χ3v) is 7.41. The van der Waals surface area contributed by atoms with Crippen LogP contribution < -0.4 is 10.6 Å². The molecule has 0 atom stereocenters. The second-order valence-corrected chi connectivity index (χ2v) is 9.73. The minimum atomic E-state index is -0.171. The van der Waals surface area contributed by atoms with Crippen molar-refractivity contribution in [2.75, 3.05) is 25.0 Å². The van der Waals surface area contributed by atoms with Gasteiger partial charge in [0.2, 0.25) is 0 Å². The van der Waals surface area contributed by atoms with Gasteiger partial charge < -0.3 is 15.5 Å². The molecule has 0 unspecified atom stereocenters. The number of hydrogen-bond donors (Lipinski definition) is 2. The normalized spacial score (nSPS) is 14.4. The first-order valence-electron chi connectivity index (χ1n) is 11.6. The molecule has 0 saturated carbocycles. The predicted molar refractivity (Wildman–Crippen MR) is 146 cm³/mol. The monoisotopic (exact) mass is 490 g/mol. The van der Waals surface area contributed by atoms with Crippen LogP contribution in [0.2, 0.25) is 0 Å². The number of thiazole rings is 1. The second kappa shape index (κ2) is 11.4. The third-order valence-electron chi connectivity index (χ3n) is 6.00. The molecule has 0 aliphatic carbocycles. The summed E-state index contributed by atoms with van der Waals surface area (Å²) in [6.45, 7) is 6.62. The van der Waals surface area contributed by atoms with Gasteiger partial charge in [0.25, 0.3) is 5.91 Å². The molecule has 0 spiro atoms. The summed E-state index contributed by atoms with van der Waals surface area (Å²) in [6.07, 6.45) is 6.03. The van der Waals surface area contributed by atoms with Crippen LogP contribution in [0.15, 0.2) is 66.1 Å². The molecule has 2 N–H and O–H groups in total. The molecule has 7 heteroatoms. The molecule has 1 fully saturated rings. The number of benzene rings is 2. The van der Waals surface area contributed by atoms with E-state index in [0.717, 1.165) is 65.0 Å². The van der Waals surface area contributed by atoms with Crippen molar-refractivity contribution in [1.82, 2.24) is 15.2 Å². The number of nitrogens with zero attached hydrogens (tertiary/aromatic N) is 2. The number of carbonyl (C=O) groups is 1. The van der Waals surface area contributed by atoms with Gasteiger partial charge >= 0.3 is 0 Å². The van der Waals surface area contributed by atoms with Crippen LogP contribution in [0.4, 0.5) is 5.69 Å². The van der Waals surface area contributed by atoms with Crippen molar-refractivity contribution >= 4 is 40.3 Å². The highest BCUT2D eigenvalue weighted by Gasteiger charge is 2.25. The fourth-order valence-electron chi connectivity index (χ4n) is 4.09. The molecular formula is C27H30N4OS2. The van der Waals surface area contributed by atoms with Crippen molar-refractivity contribution < 1.29 is 4.79 Å². The lowest BCUT2D eigenvalue weighted by Crippen LogP contribution is -2.43. The van der Waals surface area contributed by atoms with Crippen LogP contribution in [0.3, 0.4) is 0 Å². The van der Waals surface area contributed by atoms with Gasteiger partial charge in [-0.2, -0.15) is 0 Å². The Morgan fingerprint density at radius 3 is 2.71 bits per heavy atom. The van der Waals surface area contributed by atoms with E-state index >= 15 is 0 Å². The summed E-state index contributed by atoms with van der Waals surface area (Å²) in [5, 5.41) is 10.1. The highest BCUT2D eigenvalue weighted by atomic mass is 32.1. The first-order valence-corrected chi connectivity index (χ1v) is 12.9. The van der Waals surface area contributed by atoms with Crippen molar-refractivity contribution in [3.05, 3.63) is 82.3 Å². The van der Waals surface area contributed by atoms with Gasteiger partial charge in [-0.15, -0.1) is 11.3 Å². The molecule has 1 aliphatic rings. The molecule has 3 aromatic rings. The number of thiocarbonyl (C=S) groups is 1. The lowest BCUT2D eigenvalue weighted by molar-refractivity contribution is 0.102. The third kappa shape index (κ3) is 5.90. The van der Waals surface area contributed by atoms with Crippen LogP contribution in [0.25, 0.3) is 11.1 Å². The Bertz CT molecular complexity index is 1160. The lowest BCUT2D eigenvalue weighted by atomic mass is 9.98. The molecule has 2 heterocycles. The number of amides is 1. The van der Waals surface area contributed by atoms with E-state index in [2.05, 4.69) is 46.7 Å². The molecule has 2 aromatic carbocycles. The maximum atomic E-state index is 13.0. The summed E-state index contributed by atoms with van der Waals surface area (Å²) in [7, 11) is 0. The summed E-state index contributed by atoms with van der Waals surface area (Å²) >= 11 is 7.09. The molecule has 1 aromatic heterocycles. The van der Waals surface area contributed by atoms with Crippen molar-refractivity contribution in [3.63, 3.8) is 0 Å². The van der Waals surface area contributed by atoms with Crippen LogP contribution in [0.1, 0.15) is 46.7 Å². The Kier molecular flexibility index (Phi) is 8.08. The maximum Gasteiger partial charge on any atom is 0.275 e. The van der Waals surface area contributed by atoms with Crippen molar-refractivity contribution in [1.29, 1.82) is 0 Å². The number of allylic oxidation sites excluding steroid dienone is 1. The van der Waals surface area contributed by atoms with E-state index in [9.17, 15) is 4.79 Å². The SMILES string of the molecule is CC=CCNC(=S)N1CCC(c2nc(C(=O)Nc3ccc(C)cc3-c3ccccc3)cs2)CC1. The Labute approximate surface area is 210 Å². The van der Waals surface area contributed by atoms with E-state index in [1.54, 1.807) is 11.3 Å². The zero-order valence-corrected chi connectivity index (χ0v) is 21.2. The van der Waals surface area contributed by atoms with Gasteiger partial charge in [0, 0.05) is 42.2 Å². The Balaban J connectivity index is 1.39. The first-order chi connectivity index (χ1) is 16.5. The van der Waals surface area contributed by atoms with Gasteiger partial charge in [0.1, 0.15) is 5.69 Å². The second-order valence-electron chi connectivity index (χ2n) is 8.46. The van der Waals surface area contributed by atoms with Gasteiger partial charge in [-0.1, -0.05) is 54.1 Å². The number of aryl methyl sites for hydroxylation is 1. The summed E-state index contributed by atoms with van der Waals surface area (Å²) < 4.78 is 0. The number of nitrogens with one attached hydrogen (secondary N) is 2. The van der Waals surface area contributed by atoms with Crippen molar-refractivity contribution in [2.24, 2.45) is 0 Å². The molecule has 1 amide bonds. The molecule has 1 saturated heterocycles. The molecule has 5 nitrogen and oxygen atoms in total. The smallest absolute Gasteiger partial charge is 0.275 e. The lowest BCUT2D eigenvalue weighted by Gasteiger charge is -2.33. The zero-order chi connectivity index (χ0) is 23.9. The van der Waals surface area contributed by atoms with E-state index in [0.29, 0.717) is 11.6 Å². The number of anilines is 1. The van der Waals surface area contributed by atoms with Crippen LogP contribution in [-0.4, -0.2) is 40.5 Å². The number of piperidine rings is 1. The number of carbonyl (C=O) groups excluding carboxylic acids is 1. The van der Waals surface area contributed by atoms with Gasteiger partial charge in [0.05, 0.1) is 5.01 Å². The molecule has 1 aliphatic heterocycles. The highest BCUT2D eigenvalue weighted by molar-refractivity contribution is 7.80. The number of likely N-dealkylation sites (tertiary alicyclic amines) is 1. The Morgan fingerprint density at radius 2 is 1.97 bits per heavy atom. The molecule has 4 rings (SSSR count). The summed E-state index contributed by atoms with van der Waals surface area (Å²) in [5.41, 5.74) is 4.51. The molecule has 0 radical (unpaired) electrons. The average Bonchev–Trinajstić information content (AvgIpc) is 3.36. The summed E-state index contributed by atoms with van der Waals surface area (Å²) in [6, 6.07) is 16.2. The van der Waals surface area contributed by atoms with Gasteiger partial charge in [0.15, 0.2) is 5.11 Å². The Morgan fingerprint density at radius 1 is 1.21 bits per heavy atom. The summed E-state index contributed by atoms with van der Waals surface area (Å²) in [4.78, 5) is 20.0. The first kappa shape index (κ1) is 24.1. The van der Waals surface area contributed by atoms with E-state index < -0.39 is 0 Å². The predicted octanol–water partition coefficient (Wildman–Crippen LogP) is 6.00. The molecular weight excluding hydrogens is 460 g/mol. The van der Waals surface area contributed by atoms with Gasteiger partial charge in [-0.3, -0.25) is 4.79 Å². The minimum absolute atomic E-state index is 0.171. The highest BCUT2D eigenvalue weighted by Crippen LogP contribution is 2.32. The quantitative estimate of drug-likeness (QED) is 0.328. The maximum absolute atomic E-state index is 13.0. The number of aromatic nitrogens is 1. The minimum Gasteiger partial charge on any atom is -0.359 e. The largest absolute Gasteiger partial charge is 0.359 e. The Hall–Kier alpha value is -3.03. The van der Waals surface area contributed by atoms with Crippen LogP contribution in [0.5, 0.6) is 0 Å². The molecule has 34 heavy (non-hydrogen) atoms. The molecule has 176 valence electrons. The number of hydrogen-bond acceptors (Lipinski definition) is 4. The van der Waals surface area contributed by atoms with E-state index in [1.165, 1.54) is 0 Å². The van der Waals surface area contributed by atoms with Crippen molar-refractivity contribution in [3.8, 4) is 11.1 Å². The van der Waals surface area contributed by atoms with E-state index in [-0.39, 0.29) is 5.91 Å². The van der Waals surface area contributed by atoms with E-state index in [1.807, 2.05) is 48.7 Å². The van der Waals surface area contributed by atoms with Crippen LogP contribution in [0, 0.1) is 6.92 Å². The zero-order valence-electron chi connectivity index (χ0n) is 19.6. The van der Waals surface area contributed by atoms with Gasteiger partial charge in [-0.25, -0.2) is 4.98 Å². The fraction of sp³-hybridized carbons (Fsp3) is 0.296. The fourth-order valence-corrected chi connectivity index (χ4v) is 5.33. The molecule has 0 bridgehead atoms. The van der Waals surface area contributed by atoms with E-state index in [4.69, 9.17) is 17.2 Å². The van der Waals surface area contributed by atoms with Crippen LogP contribution >= 0.6 is 23.6 Å². The number of rotatable bonds is 6. The topological polar surface area (TPSA) is 57.3 Å². The average molecular weight is 491 g/mol. The van der Waals surface area contributed by atoms with Gasteiger partial charge in [-0.05, 0) is 56.6 Å². The standard InChI is InChI=1S/C27H30N4OS2/c1-3-4-14-28-27(33)31-15-12-21(13-16-31)26-30-24(18-34-26)25(32)29-23-11-10-19(2)17-22(23)20-8-6-5-7-9-20/h3-11,17-18,21H,12-16H2,1-2H3,(H,28,33)(H,29,32). The summed E-state index contributed by atoms with van der Waals surface area (Å²) in [5.74, 6) is 0.190. The van der Waals surface area contributed by atoms with Crippen LogP contribution in [-0.2, 0) is 0 Å². The van der Waals surface area contributed by atoms with Crippen molar-refractivity contribution in [2.45, 2.75) is 32.6 Å².